The predicted octanol–water partition coefficient (Wildman–Crippen LogP) is 0.758. The van der Waals surface area contributed by atoms with Crippen molar-refractivity contribution in [2.24, 2.45) is 0 Å². The molecule has 1 aromatic heterocycles. The average Bonchev–Trinajstić information content (AvgIpc) is 2.96. The molecule has 3 rings (SSSR count). The van der Waals surface area contributed by atoms with Gasteiger partial charge in [-0.2, -0.15) is 0 Å². The number of ether oxygens (including phenoxy) is 1. The maximum absolute atomic E-state index is 10.6. The Bertz CT molecular complexity index is 390. The minimum absolute atomic E-state index is 0.0111. The number of hydrogen-bond donors (Lipinski definition) is 1. The van der Waals surface area contributed by atoms with E-state index in [-0.39, 0.29) is 6.10 Å². The minimum atomic E-state index is -0.0111. The summed E-state index contributed by atoms with van der Waals surface area (Å²) in [4.78, 5) is 20.2. The summed E-state index contributed by atoms with van der Waals surface area (Å²) in [6.07, 6.45) is 4.82. The van der Waals surface area contributed by atoms with Gasteiger partial charge in [-0.1, -0.05) is 0 Å². The van der Waals surface area contributed by atoms with Crippen LogP contribution >= 0.6 is 0 Å². The molecule has 5 nitrogen and oxygen atoms in total. The van der Waals surface area contributed by atoms with Gasteiger partial charge in [-0.3, -0.25) is 9.69 Å². The molecule has 2 unspecified atom stereocenters. The SMILES string of the molecule is O=Cc1cnc(C2CN3CCCC3CO2)[nH]1. The van der Waals surface area contributed by atoms with Gasteiger partial charge in [0.2, 0.25) is 0 Å². The van der Waals surface area contributed by atoms with E-state index < -0.39 is 0 Å². The number of imidazole rings is 1. The molecule has 2 atom stereocenters. The van der Waals surface area contributed by atoms with E-state index >= 15 is 0 Å². The molecular weight excluding hydrogens is 206 g/mol. The number of fused-ring (bicyclic) bond motifs is 1. The molecule has 16 heavy (non-hydrogen) atoms. The van der Waals surface area contributed by atoms with Crippen molar-refractivity contribution in [1.29, 1.82) is 0 Å². The number of aromatic nitrogens is 2. The van der Waals surface area contributed by atoms with E-state index in [0.717, 1.165) is 31.8 Å². The van der Waals surface area contributed by atoms with Crippen LogP contribution in [0, 0.1) is 0 Å². The first-order chi connectivity index (χ1) is 7.86. The summed E-state index contributed by atoms with van der Waals surface area (Å²) in [6, 6.07) is 0.594. The Morgan fingerprint density at radius 1 is 1.62 bits per heavy atom. The standard InChI is InChI=1S/C11H15N3O2/c15-6-8-4-12-11(13-8)10-5-14-3-1-2-9(14)7-16-10/h4,6,9-10H,1-3,5,7H2,(H,12,13). The molecule has 2 fully saturated rings. The minimum Gasteiger partial charge on any atom is -0.367 e. The highest BCUT2D eigenvalue weighted by molar-refractivity contribution is 5.71. The van der Waals surface area contributed by atoms with E-state index in [1.807, 2.05) is 0 Å². The highest BCUT2D eigenvalue weighted by Crippen LogP contribution is 2.28. The van der Waals surface area contributed by atoms with Gasteiger partial charge in [-0.05, 0) is 19.4 Å². The molecule has 5 heteroatoms. The average molecular weight is 221 g/mol. The maximum atomic E-state index is 10.6. The van der Waals surface area contributed by atoms with Crippen LogP contribution in [0.25, 0.3) is 0 Å². The number of carbonyl (C=O) groups is 1. The molecule has 1 N–H and O–H groups in total. The van der Waals surface area contributed by atoms with Gasteiger partial charge in [0.05, 0.1) is 18.5 Å². The zero-order valence-electron chi connectivity index (χ0n) is 9.06. The van der Waals surface area contributed by atoms with Crippen LogP contribution in [0.4, 0.5) is 0 Å². The molecule has 2 aliphatic heterocycles. The fourth-order valence-electron chi connectivity index (χ4n) is 2.56. The van der Waals surface area contributed by atoms with Crippen LogP contribution in [0.1, 0.15) is 35.3 Å². The van der Waals surface area contributed by atoms with E-state index in [9.17, 15) is 4.79 Å². The molecule has 0 radical (unpaired) electrons. The Morgan fingerprint density at radius 2 is 2.56 bits per heavy atom. The Labute approximate surface area is 93.8 Å². The molecule has 0 saturated carbocycles. The topological polar surface area (TPSA) is 58.2 Å². The van der Waals surface area contributed by atoms with Crippen molar-refractivity contribution in [3.63, 3.8) is 0 Å². The number of morpholine rings is 1. The number of carbonyl (C=O) groups excluding carboxylic acids is 1. The van der Waals surface area contributed by atoms with E-state index in [4.69, 9.17) is 4.74 Å². The van der Waals surface area contributed by atoms with Gasteiger partial charge in [-0.15, -0.1) is 0 Å². The second-order valence-electron chi connectivity index (χ2n) is 4.45. The largest absolute Gasteiger partial charge is 0.367 e. The Morgan fingerprint density at radius 3 is 3.38 bits per heavy atom. The van der Waals surface area contributed by atoms with Crippen LogP contribution in [0.5, 0.6) is 0 Å². The van der Waals surface area contributed by atoms with Gasteiger partial charge >= 0.3 is 0 Å². The fourth-order valence-corrected chi connectivity index (χ4v) is 2.56. The zero-order chi connectivity index (χ0) is 11.0. The third kappa shape index (κ3) is 1.66. The normalized spacial score (nSPS) is 30.2. The lowest BCUT2D eigenvalue weighted by Crippen LogP contribution is -2.42. The van der Waals surface area contributed by atoms with Crippen molar-refractivity contribution < 1.29 is 9.53 Å². The first kappa shape index (κ1) is 9.99. The van der Waals surface area contributed by atoms with Crippen molar-refractivity contribution in [1.82, 2.24) is 14.9 Å². The third-order valence-electron chi connectivity index (χ3n) is 3.44. The van der Waals surface area contributed by atoms with E-state index in [1.165, 1.54) is 12.8 Å². The number of nitrogens with one attached hydrogen (secondary N) is 1. The van der Waals surface area contributed by atoms with E-state index in [2.05, 4.69) is 14.9 Å². The van der Waals surface area contributed by atoms with Gasteiger partial charge in [0.25, 0.3) is 0 Å². The summed E-state index contributed by atoms with van der Waals surface area (Å²) in [5, 5.41) is 0. The second-order valence-corrected chi connectivity index (χ2v) is 4.45. The predicted molar refractivity (Wildman–Crippen MR) is 57.3 cm³/mol. The summed E-state index contributed by atoms with van der Waals surface area (Å²) >= 11 is 0. The number of aldehydes is 1. The van der Waals surface area contributed by atoms with Gasteiger partial charge < -0.3 is 9.72 Å². The van der Waals surface area contributed by atoms with Gasteiger partial charge in [0.15, 0.2) is 6.29 Å². The first-order valence-corrected chi connectivity index (χ1v) is 5.72. The highest BCUT2D eigenvalue weighted by Gasteiger charge is 2.33. The van der Waals surface area contributed by atoms with Crippen LogP contribution < -0.4 is 0 Å². The fraction of sp³-hybridized carbons (Fsp3) is 0.636. The molecule has 0 aromatic carbocycles. The van der Waals surface area contributed by atoms with Crippen LogP contribution in [-0.4, -0.2) is 46.9 Å². The van der Waals surface area contributed by atoms with Gasteiger partial charge in [0.1, 0.15) is 11.9 Å². The van der Waals surface area contributed by atoms with Crippen LogP contribution in [0.3, 0.4) is 0 Å². The highest BCUT2D eigenvalue weighted by atomic mass is 16.5. The molecule has 2 aliphatic rings. The first-order valence-electron chi connectivity index (χ1n) is 5.72. The summed E-state index contributed by atoms with van der Waals surface area (Å²) in [6.45, 7) is 2.82. The molecule has 0 amide bonds. The maximum Gasteiger partial charge on any atom is 0.167 e. The van der Waals surface area contributed by atoms with Crippen molar-refractivity contribution in [3.8, 4) is 0 Å². The van der Waals surface area contributed by atoms with Crippen molar-refractivity contribution >= 4 is 6.29 Å². The Kier molecular flexibility index (Phi) is 2.49. The summed E-state index contributed by atoms with van der Waals surface area (Å²) in [7, 11) is 0. The van der Waals surface area contributed by atoms with Crippen LogP contribution in [0.2, 0.25) is 0 Å². The lowest BCUT2D eigenvalue weighted by molar-refractivity contribution is -0.0537. The second kappa shape index (κ2) is 3.99. The third-order valence-corrected chi connectivity index (χ3v) is 3.44. The van der Waals surface area contributed by atoms with Crippen molar-refractivity contribution in [2.45, 2.75) is 25.0 Å². The van der Waals surface area contributed by atoms with Crippen LogP contribution in [-0.2, 0) is 4.74 Å². The number of aromatic amines is 1. The molecule has 1 aromatic rings. The molecule has 86 valence electrons. The summed E-state index contributed by atoms with van der Waals surface area (Å²) in [5.41, 5.74) is 0.516. The Hall–Kier alpha value is -1.20. The summed E-state index contributed by atoms with van der Waals surface area (Å²) < 4.78 is 5.78. The molecule has 0 bridgehead atoms. The lowest BCUT2D eigenvalue weighted by Gasteiger charge is -2.34. The van der Waals surface area contributed by atoms with Crippen molar-refractivity contribution in [3.05, 3.63) is 17.7 Å². The monoisotopic (exact) mass is 221 g/mol. The molecule has 0 aliphatic carbocycles. The molecule has 0 spiro atoms. The number of hydrogen-bond acceptors (Lipinski definition) is 4. The summed E-state index contributed by atoms with van der Waals surface area (Å²) in [5.74, 6) is 0.771. The zero-order valence-corrected chi connectivity index (χ0v) is 9.06. The Balaban J connectivity index is 1.73. The molecular formula is C11H15N3O2. The molecule has 3 heterocycles. The van der Waals surface area contributed by atoms with Crippen molar-refractivity contribution in [2.75, 3.05) is 19.7 Å². The van der Waals surface area contributed by atoms with Gasteiger partial charge in [0, 0.05) is 12.6 Å². The number of nitrogens with zero attached hydrogens (tertiary/aromatic N) is 2. The lowest BCUT2D eigenvalue weighted by atomic mass is 10.2. The van der Waals surface area contributed by atoms with Gasteiger partial charge in [-0.25, -0.2) is 4.98 Å². The van der Waals surface area contributed by atoms with E-state index in [1.54, 1.807) is 6.20 Å². The number of H-pyrrole nitrogens is 1. The molecule has 2 saturated heterocycles. The smallest absolute Gasteiger partial charge is 0.167 e. The van der Waals surface area contributed by atoms with E-state index in [0.29, 0.717) is 11.7 Å². The van der Waals surface area contributed by atoms with Crippen LogP contribution in [0.15, 0.2) is 6.20 Å². The number of rotatable bonds is 2. The quantitative estimate of drug-likeness (QED) is 0.749.